The van der Waals surface area contributed by atoms with Crippen LogP contribution in [0.5, 0.6) is 5.75 Å². The third-order valence-corrected chi connectivity index (χ3v) is 7.19. The van der Waals surface area contributed by atoms with E-state index < -0.39 is 10.0 Å². The van der Waals surface area contributed by atoms with Crippen molar-refractivity contribution in [2.45, 2.75) is 30.6 Å². The summed E-state index contributed by atoms with van der Waals surface area (Å²) >= 11 is 3.32. The number of aliphatic hydroxyl groups excluding tert-OH is 1. The number of benzene rings is 2. The molecule has 0 saturated carbocycles. The smallest absolute Gasteiger partial charge is 0.264 e. The van der Waals surface area contributed by atoms with Gasteiger partial charge < -0.3 is 14.7 Å². The summed E-state index contributed by atoms with van der Waals surface area (Å²) in [6.07, 6.45) is 4.32. The molecular weight excluding hydrogens is 468 g/mol. The normalized spacial score (nSPS) is 11.6. The molecule has 2 rings (SSSR count). The van der Waals surface area contributed by atoms with E-state index in [1.54, 1.807) is 55.6 Å². The molecule has 0 radical (unpaired) electrons. The maximum Gasteiger partial charge on any atom is 0.264 e. The number of hydrogen-bond acceptors (Lipinski definition) is 5. The molecule has 0 aliphatic carbocycles. The first-order chi connectivity index (χ1) is 14.3. The Morgan fingerprint density at radius 1 is 0.900 bits per heavy atom. The van der Waals surface area contributed by atoms with Gasteiger partial charge in [-0.2, -0.15) is 0 Å². The van der Waals surface area contributed by atoms with Gasteiger partial charge in [0.25, 0.3) is 10.0 Å². The van der Waals surface area contributed by atoms with Crippen LogP contribution in [-0.4, -0.2) is 58.8 Å². The van der Waals surface area contributed by atoms with E-state index in [4.69, 9.17) is 9.84 Å². The summed E-state index contributed by atoms with van der Waals surface area (Å²) in [5.74, 6) is 0.732. The fourth-order valence-corrected chi connectivity index (χ4v) is 4.43. The predicted molar refractivity (Wildman–Crippen MR) is 125 cm³/mol. The highest BCUT2D eigenvalue weighted by Crippen LogP contribution is 2.25. The first-order valence-corrected chi connectivity index (χ1v) is 12.3. The highest BCUT2D eigenvalue weighted by molar-refractivity contribution is 9.10. The molecule has 30 heavy (non-hydrogen) atoms. The van der Waals surface area contributed by atoms with E-state index in [9.17, 15) is 8.42 Å². The van der Waals surface area contributed by atoms with Crippen LogP contribution in [0.4, 0.5) is 5.69 Å². The van der Waals surface area contributed by atoms with Crippen molar-refractivity contribution < 1.29 is 18.3 Å². The van der Waals surface area contributed by atoms with Crippen molar-refractivity contribution in [2.24, 2.45) is 0 Å². The van der Waals surface area contributed by atoms with Gasteiger partial charge in [-0.05, 0) is 75.0 Å². The summed E-state index contributed by atoms with van der Waals surface area (Å²) in [4.78, 5) is 2.38. The number of aliphatic hydroxyl groups is 1. The van der Waals surface area contributed by atoms with E-state index in [0.29, 0.717) is 12.3 Å². The largest absolute Gasteiger partial charge is 0.494 e. The minimum absolute atomic E-state index is 0.203. The Morgan fingerprint density at radius 3 is 2.17 bits per heavy atom. The first kappa shape index (κ1) is 24.7. The zero-order valence-electron chi connectivity index (χ0n) is 17.6. The standard InChI is InChI=1S/C22H31BrN2O4S/c1-24(16-17-26)15-5-3-4-6-18-29-21-11-9-20(10-12-21)25(2)30(27,28)22-13-7-19(23)8-14-22/h7-14,26H,3-6,15-18H2,1-2H3. The Labute approximate surface area is 188 Å². The minimum Gasteiger partial charge on any atom is -0.494 e. The third-order valence-electron chi connectivity index (χ3n) is 4.86. The molecule has 0 aliphatic heterocycles. The molecule has 0 saturated heterocycles. The average Bonchev–Trinajstić information content (AvgIpc) is 2.73. The number of halogens is 1. The Balaban J connectivity index is 1.77. The van der Waals surface area contributed by atoms with Gasteiger partial charge >= 0.3 is 0 Å². The second-order valence-corrected chi connectivity index (χ2v) is 10.1. The number of sulfonamides is 1. The lowest BCUT2D eigenvalue weighted by Gasteiger charge is -2.20. The molecule has 0 fully saturated rings. The van der Waals surface area contributed by atoms with Gasteiger partial charge in [-0.3, -0.25) is 4.31 Å². The Kier molecular flexibility index (Phi) is 10.1. The summed E-state index contributed by atoms with van der Waals surface area (Å²) < 4.78 is 33.4. The van der Waals surface area contributed by atoms with Crippen molar-refractivity contribution in [3.8, 4) is 5.75 Å². The van der Waals surface area contributed by atoms with Crippen LogP contribution in [0, 0.1) is 0 Å². The van der Waals surface area contributed by atoms with Crippen molar-refractivity contribution in [2.75, 3.05) is 44.7 Å². The number of nitrogens with zero attached hydrogens (tertiary/aromatic N) is 2. The van der Waals surface area contributed by atoms with Crippen LogP contribution in [0.1, 0.15) is 25.7 Å². The summed E-state index contributed by atoms with van der Waals surface area (Å²) in [5.41, 5.74) is 0.581. The van der Waals surface area contributed by atoms with E-state index in [-0.39, 0.29) is 11.5 Å². The third kappa shape index (κ3) is 7.58. The number of rotatable bonds is 13. The molecule has 1 N–H and O–H groups in total. The number of ether oxygens (including phenoxy) is 1. The topological polar surface area (TPSA) is 70.1 Å². The first-order valence-electron chi connectivity index (χ1n) is 10.1. The van der Waals surface area contributed by atoms with Gasteiger partial charge in [-0.25, -0.2) is 8.42 Å². The Bertz CT molecular complexity index is 858. The fraction of sp³-hybridized carbons (Fsp3) is 0.455. The van der Waals surface area contributed by atoms with E-state index >= 15 is 0 Å². The lowest BCUT2D eigenvalue weighted by Crippen LogP contribution is -2.26. The summed E-state index contributed by atoms with van der Waals surface area (Å²) in [7, 11) is -0.0418. The highest BCUT2D eigenvalue weighted by Gasteiger charge is 2.21. The van der Waals surface area contributed by atoms with Gasteiger partial charge in [0.2, 0.25) is 0 Å². The lowest BCUT2D eigenvalue weighted by atomic mass is 10.2. The van der Waals surface area contributed by atoms with Gasteiger partial charge in [-0.1, -0.05) is 28.8 Å². The molecule has 0 aliphatic rings. The number of unbranched alkanes of at least 4 members (excludes halogenated alkanes) is 3. The molecule has 0 bridgehead atoms. The lowest BCUT2D eigenvalue weighted by molar-refractivity contribution is 0.218. The van der Waals surface area contributed by atoms with Crippen LogP contribution in [0.3, 0.4) is 0 Å². The molecule has 0 aromatic heterocycles. The zero-order chi connectivity index (χ0) is 22.0. The fourth-order valence-electron chi connectivity index (χ4n) is 2.97. The molecule has 8 heteroatoms. The van der Waals surface area contributed by atoms with Crippen molar-refractivity contribution in [3.63, 3.8) is 0 Å². The van der Waals surface area contributed by atoms with Crippen molar-refractivity contribution in [1.82, 2.24) is 4.90 Å². The second kappa shape index (κ2) is 12.3. The average molecular weight is 499 g/mol. The van der Waals surface area contributed by atoms with Crippen molar-refractivity contribution >= 4 is 31.6 Å². The number of hydrogen-bond donors (Lipinski definition) is 1. The van der Waals surface area contributed by atoms with Crippen LogP contribution in [0.15, 0.2) is 57.9 Å². The molecule has 166 valence electrons. The summed E-state index contributed by atoms with van der Waals surface area (Å²) in [6.45, 7) is 2.56. The molecular formula is C22H31BrN2O4S. The SMILES string of the molecule is CN(CCO)CCCCCCOc1ccc(N(C)S(=O)(=O)c2ccc(Br)cc2)cc1. The molecule has 6 nitrogen and oxygen atoms in total. The minimum atomic E-state index is -3.61. The Hall–Kier alpha value is -1.61. The maximum absolute atomic E-state index is 12.8. The molecule has 0 spiro atoms. The van der Waals surface area contributed by atoms with Crippen LogP contribution in [-0.2, 0) is 10.0 Å². The number of anilines is 1. The molecule has 0 unspecified atom stereocenters. The highest BCUT2D eigenvalue weighted by atomic mass is 79.9. The van der Waals surface area contributed by atoms with Crippen LogP contribution in [0.2, 0.25) is 0 Å². The predicted octanol–water partition coefficient (Wildman–Crippen LogP) is 4.14. The van der Waals surface area contributed by atoms with Crippen LogP contribution in [0.25, 0.3) is 0 Å². The Morgan fingerprint density at radius 2 is 1.53 bits per heavy atom. The van der Waals surface area contributed by atoms with Crippen LogP contribution >= 0.6 is 15.9 Å². The summed E-state index contributed by atoms with van der Waals surface area (Å²) in [6, 6.07) is 13.7. The van der Waals surface area contributed by atoms with Crippen molar-refractivity contribution in [1.29, 1.82) is 0 Å². The van der Waals surface area contributed by atoms with E-state index in [1.807, 2.05) is 7.05 Å². The molecule has 0 heterocycles. The molecule has 0 atom stereocenters. The summed E-state index contributed by atoms with van der Waals surface area (Å²) in [5, 5.41) is 8.87. The van der Waals surface area contributed by atoms with E-state index in [1.165, 1.54) is 4.31 Å². The quantitative estimate of drug-likeness (QED) is 0.420. The van der Waals surface area contributed by atoms with Gasteiger partial charge in [0.1, 0.15) is 5.75 Å². The zero-order valence-corrected chi connectivity index (χ0v) is 20.0. The second-order valence-electron chi connectivity index (χ2n) is 7.21. The van der Waals surface area contributed by atoms with E-state index in [2.05, 4.69) is 20.8 Å². The maximum atomic E-state index is 12.8. The van der Waals surface area contributed by atoms with Gasteiger partial charge in [0.05, 0.1) is 23.8 Å². The molecule has 0 amide bonds. The molecule has 2 aromatic carbocycles. The van der Waals surface area contributed by atoms with Crippen molar-refractivity contribution in [3.05, 3.63) is 53.0 Å². The van der Waals surface area contributed by atoms with E-state index in [0.717, 1.165) is 49.0 Å². The number of likely N-dealkylation sites (N-methyl/N-ethyl adjacent to an activating group) is 1. The van der Waals surface area contributed by atoms with Crippen LogP contribution < -0.4 is 9.04 Å². The van der Waals surface area contributed by atoms with Gasteiger partial charge in [0, 0.05) is 18.1 Å². The monoisotopic (exact) mass is 498 g/mol. The van der Waals surface area contributed by atoms with Gasteiger partial charge in [-0.15, -0.1) is 0 Å². The van der Waals surface area contributed by atoms with Gasteiger partial charge in [0.15, 0.2) is 0 Å². The molecule has 2 aromatic rings.